The predicted molar refractivity (Wildman–Crippen MR) is 63.2 cm³/mol. The Morgan fingerprint density at radius 2 is 2.11 bits per heavy atom. The lowest BCUT2D eigenvalue weighted by Gasteiger charge is -2.11. The van der Waals surface area contributed by atoms with Gasteiger partial charge in [0.15, 0.2) is 5.75 Å². The summed E-state index contributed by atoms with van der Waals surface area (Å²) in [5.74, 6) is -0.925. The van der Waals surface area contributed by atoms with Gasteiger partial charge in [0.05, 0.1) is 19.2 Å². The molecule has 7 heteroatoms. The van der Waals surface area contributed by atoms with Crippen LogP contribution in [0.15, 0.2) is 24.3 Å². The molecule has 0 bridgehead atoms. The number of nitrogens with two attached hydrogens (primary N) is 1. The molecule has 0 spiro atoms. The van der Waals surface area contributed by atoms with Crippen LogP contribution in [-0.4, -0.2) is 19.4 Å². The molecule has 0 aliphatic carbocycles. The molecule has 19 heavy (non-hydrogen) atoms. The molecular weight excluding hydrogens is 263 g/mol. The normalized spacial score (nSPS) is 11.6. The highest BCUT2D eigenvalue weighted by atomic mass is 19.4. The molecule has 0 aromatic heterocycles. The number of nitrogen functional groups attached to an aromatic ring is 1. The van der Waals surface area contributed by atoms with Crippen LogP contribution in [-0.2, 0) is 9.53 Å². The zero-order chi connectivity index (χ0) is 14.5. The van der Waals surface area contributed by atoms with Gasteiger partial charge in [-0.3, -0.25) is 4.79 Å². The van der Waals surface area contributed by atoms with Crippen molar-refractivity contribution in [2.75, 3.05) is 12.8 Å². The van der Waals surface area contributed by atoms with Crippen LogP contribution in [0.25, 0.3) is 6.08 Å². The van der Waals surface area contributed by atoms with E-state index in [1.54, 1.807) is 0 Å². The molecular formula is C12H12F3NO3. The van der Waals surface area contributed by atoms with E-state index in [1.165, 1.54) is 31.4 Å². The van der Waals surface area contributed by atoms with Gasteiger partial charge in [0.25, 0.3) is 0 Å². The number of alkyl halides is 3. The SMILES string of the molecule is COC(=O)CC=Cc1ccc(N)c(OC(F)(F)F)c1. The highest BCUT2D eigenvalue weighted by molar-refractivity contribution is 5.72. The smallest absolute Gasteiger partial charge is 0.469 e. The number of methoxy groups -OCH3 is 1. The average molecular weight is 275 g/mol. The molecule has 1 rings (SSSR count). The number of ether oxygens (including phenoxy) is 2. The lowest BCUT2D eigenvalue weighted by Crippen LogP contribution is -2.18. The third-order valence-electron chi connectivity index (χ3n) is 2.09. The first-order valence-electron chi connectivity index (χ1n) is 5.20. The van der Waals surface area contributed by atoms with Gasteiger partial charge in [0.2, 0.25) is 0 Å². The summed E-state index contributed by atoms with van der Waals surface area (Å²) < 4.78 is 44.5. The molecule has 0 amide bonds. The number of rotatable bonds is 4. The minimum atomic E-state index is -4.80. The first-order chi connectivity index (χ1) is 8.81. The maximum Gasteiger partial charge on any atom is 0.573 e. The largest absolute Gasteiger partial charge is 0.573 e. The molecule has 2 N–H and O–H groups in total. The van der Waals surface area contributed by atoms with Gasteiger partial charge in [-0.2, -0.15) is 0 Å². The lowest BCUT2D eigenvalue weighted by atomic mass is 10.1. The third kappa shape index (κ3) is 5.33. The molecule has 1 aromatic rings. The Balaban J connectivity index is 2.81. The Bertz CT molecular complexity index is 484. The summed E-state index contributed by atoms with van der Waals surface area (Å²) in [4.78, 5) is 10.8. The fourth-order valence-electron chi connectivity index (χ4n) is 1.24. The minimum absolute atomic E-state index is 0.0241. The van der Waals surface area contributed by atoms with E-state index in [0.29, 0.717) is 5.56 Å². The summed E-state index contributed by atoms with van der Waals surface area (Å²) in [6, 6.07) is 3.93. The quantitative estimate of drug-likeness (QED) is 0.678. The number of halogens is 3. The molecule has 0 atom stereocenters. The van der Waals surface area contributed by atoms with E-state index >= 15 is 0 Å². The number of carbonyl (C=O) groups is 1. The van der Waals surface area contributed by atoms with E-state index < -0.39 is 18.1 Å². The summed E-state index contributed by atoms with van der Waals surface area (Å²) in [5.41, 5.74) is 5.68. The molecule has 4 nitrogen and oxygen atoms in total. The Kier molecular flexibility index (Phi) is 4.80. The van der Waals surface area contributed by atoms with Crippen molar-refractivity contribution >= 4 is 17.7 Å². The molecule has 0 saturated heterocycles. The molecule has 0 aliphatic heterocycles. The van der Waals surface area contributed by atoms with Crippen LogP contribution >= 0.6 is 0 Å². The van der Waals surface area contributed by atoms with Crippen LogP contribution in [0, 0.1) is 0 Å². The average Bonchev–Trinajstić information content (AvgIpc) is 2.31. The van der Waals surface area contributed by atoms with Gasteiger partial charge >= 0.3 is 12.3 Å². The zero-order valence-corrected chi connectivity index (χ0v) is 10.0. The van der Waals surface area contributed by atoms with E-state index in [1.807, 2.05) is 0 Å². The van der Waals surface area contributed by atoms with Crippen molar-refractivity contribution in [2.24, 2.45) is 0 Å². The van der Waals surface area contributed by atoms with E-state index in [4.69, 9.17) is 5.73 Å². The summed E-state index contributed by atoms with van der Waals surface area (Å²) in [6.07, 6.45) is -1.84. The first kappa shape index (κ1) is 14.9. The van der Waals surface area contributed by atoms with Crippen molar-refractivity contribution in [1.82, 2.24) is 0 Å². The van der Waals surface area contributed by atoms with Crippen molar-refractivity contribution < 1.29 is 27.4 Å². The van der Waals surface area contributed by atoms with E-state index in [9.17, 15) is 18.0 Å². The summed E-state index contributed by atoms with van der Waals surface area (Å²) >= 11 is 0. The fraction of sp³-hybridized carbons (Fsp3) is 0.250. The van der Waals surface area contributed by atoms with E-state index in [2.05, 4.69) is 9.47 Å². The second-order valence-electron chi connectivity index (χ2n) is 3.53. The van der Waals surface area contributed by atoms with Crippen LogP contribution in [0.2, 0.25) is 0 Å². The number of esters is 1. The number of anilines is 1. The van der Waals surface area contributed by atoms with Crippen LogP contribution < -0.4 is 10.5 Å². The molecule has 1 aromatic carbocycles. The van der Waals surface area contributed by atoms with Crippen LogP contribution in [0.5, 0.6) is 5.75 Å². The number of benzene rings is 1. The van der Waals surface area contributed by atoms with Gasteiger partial charge in [-0.1, -0.05) is 18.2 Å². The van der Waals surface area contributed by atoms with Crippen LogP contribution in [0.1, 0.15) is 12.0 Å². The molecule has 0 aliphatic rings. The molecule has 0 fully saturated rings. The van der Waals surface area contributed by atoms with E-state index in [-0.39, 0.29) is 12.1 Å². The van der Waals surface area contributed by atoms with Crippen molar-refractivity contribution in [3.05, 3.63) is 29.8 Å². The lowest BCUT2D eigenvalue weighted by molar-refractivity contribution is -0.274. The standard InChI is InChI=1S/C12H12F3NO3/c1-18-11(17)4-2-3-8-5-6-9(16)10(7-8)19-12(13,14)15/h2-3,5-7H,4,16H2,1H3. The molecule has 0 saturated carbocycles. The summed E-state index contributed by atoms with van der Waals surface area (Å²) in [7, 11) is 1.24. The number of hydrogen-bond acceptors (Lipinski definition) is 4. The Labute approximate surface area is 107 Å². The number of carbonyl (C=O) groups excluding carboxylic acids is 1. The Morgan fingerprint density at radius 1 is 1.42 bits per heavy atom. The topological polar surface area (TPSA) is 61.5 Å². The Morgan fingerprint density at radius 3 is 2.68 bits per heavy atom. The maximum absolute atomic E-state index is 12.1. The molecule has 0 radical (unpaired) electrons. The molecule has 104 valence electrons. The van der Waals surface area contributed by atoms with Crippen LogP contribution in [0.4, 0.5) is 18.9 Å². The van der Waals surface area contributed by atoms with Gasteiger partial charge in [-0.15, -0.1) is 13.2 Å². The molecule has 0 unspecified atom stereocenters. The van der Waals surface area contributed by atoms with Gasteiger partial charge < -0.3 is 15.2 Å². The molecule has 0 heterocycles. The van der Waals surface area contributed by atoms with Gasteiger partial charge in [0.1, 0.15) is 0 Å². The highest BCUT2D eigenvalue weighted by Gasteiger charge is 2.31. The van der Waals surface area contributed by atoms with Crippen molar-refractivity contribution in [3.63, 3.8) is 0 Å². The maximum atomic E-state index is 12.1. The summed E-state index contributed by atoms with van der Waals surface area (Å²) in [5, 5.41) is 0. The zero-order valence-electron chi connectivity index (χ0n) is 10.0. The van der Waals surface area contributed by atoms with Crippen molar-refractivity contribution in [1.29, 1.82) is 0 Å². The second-order valence-corrected chi connectivity index (χ2v) is 3.53. The monoisotopic (exact) mass is 275 g/mol. The third-order valence-corrected chi connectivity index (χ3v) is 2.09. The minimum Gasteiger partial charge on any atom is -0.469 e. The predicted octanol–water partition coefficient (Wildman–Crippen LogP) is 2.74. The summed E-state index contributed by atoms with van der Waals surface area (Å²) in [6.45, 7) is 0. The second kappa shape index (κ2) is 6.12. The van der Waals surface area contributed by atoms with Crippen LogP contribution in [0.3, 0.4) is 0 Å². The van der Waals surface area contributed by atoms with Gasteiger partial charge in [0, 0.05) is 0 Å². The van der Waals surface area contributed by atoms with Crippen molar-refractivity contribution in [3.8, 4) is 5.75 Å². The fourth-order valence-corrected chi connectivity index (χ4v) is 1.24. The number of hydrogen-bond donors (Lipinski definition) is 1. The Hall–Kier alpha value is -2.18. The van der Waals surface area contributed by atoms with Gasteiger partial charge in [-0.05, 0) is 17.7 Å². The van der Waals surface area contributed by atoms with Crippen molar-refractivity contribution in [2.45, 2.75) is 12.8 Å². The highest BCUT2D eigenvalue weighted by Crippen LogP contribution is 2.29. The van der Waals surface area contributed by atoms with Gasteiger partial charge in [-0.25, -0.2) is 0 Å². The first-order valence-corrected chi connectivity index (χ1v) is 5.20. The van der Waals surface area contributed by atoms with E-state index in [0.717, 1.165) is 6.07 Å².